The van der Waals surface area contributed by atoms with E-state index < -0.39 is 28.7 Å². The van der Waals surface area contributed by atoms with Crippen LogP contribution in [0.15, 0.2) is 42.5 Å². The molecule has 37 heavy (non-hydrogen) atoms. The predicted octanol–water partition coefficient (Wildman–Crippen LogP) is 3.28. The number of thioether (sulfide) groups is 1. The topological polar surface area (TPSA) is 81.2 Å². The zero-order valence-electron chi connectivity index (χ0n) is 21.6. The molecular formula is C28H34ClN3O4S. The Morgan fingerprint density at radius 2 is 1.92 bits per heavy atom. The maximum atomic E-state index is 14.6. The van der Waals surface area contributed by atoms with E-state index in [1.165, 1.54) is 0 Å². The van der Waals surface area contributed by atoms with Crippen LogP contribution in [0, 0.1) is 24.7 Å². The molecule has 198 valence electrons. The molecule has 4 heterocycles. The Bertz CT molecular complexity index is 1170. The van der Waals surface area contributed by atoms with Crippen molar-refractivity contribution in [2.24, 2.45) is 17.8 Å². The lowest BCUT2D eigenvalue weighted by Gasteiger charge is -2.40. The summed E-state index contributed by atoms with van der Waals surface area (Å²) in [5.74, 6) is -1.84. The highest BCUT2D eigenvalue weighted by molar-refractivity contribution is 8.02. The second-order valence-electron chi connectivity index (χ2n) is 10.6. The lowest BCUT2D eigenvalue weighted by Crippen LogP contribution is -2.58. The minimum atomic E-state index is -0.924. The summed E-state index contributed by atoms with van der Waals surface area (Å²) in [7, 11) is 1.76. The molecule has 7 nitrogen and oxygen atoms in total. The Balaban J connectivity index is 1.69. The summed E-state index contributed by atoms with van der Waals surface area (Å²) in [6, 6.07) is 4.12. The lowest BCUT2D eigenvalue weighted by atomic mass is 9.78. The minimum absolute atomic E-state index is 0.0337. The number of hydrogen-bond acceptors (Lipinski definition) is 5. The minimum Gasteiger partial charge on any atom is -0.394 e. The summed E-state index contributed by atoms with van der Waals surface area (Å²) < 4.78 is -0.924. The number of fused-ring (bicyclic) bond motifs is 2. The van der Waals surface area contributed by atoms with E-state index in [1.54, 1.807) is 39.6 Å². The van der Waals surface area contributed by atoms with Gasteiger partial charge in [0.05, 0.1) is 39.9 Å². The van der Waals surface area contributed by atoms with E-state index in [1.807, 2.05) is 57.2 Å². The molecule has 0 saturated carbocycles. The summed E-state index contributed by atoms with van der Waals surface area (Å²) in [4.78, 5) is 47.5. The van der Waals surface area contributed by atoms with Crippen LogP contribution in [0.1, 0.15) is 25.8 Å². The van der Waals surface area contributed by atoms with Gasteiger partial charge in [0, 0.05) is 25.4 Å². The average Bonchev–Trinajstić information content (AvgIpc) is 3.20. The molecule has 4 aliphatic heterocycles. The second kappa shape index (κ2) is 9.79. The monoisotopic (exact) mass is 543 g/mol. The summed E-state index contributed by atoms with van der Waals surface area (Å²) in [6.45, 7) is 6.46. The molecular weight excluding hydrogens is 510 g/mol. The molecule has 2 saturated heterocycles. The number of para-hydroxylation sites is 1. The van der Waals surface area contributed by atoms with Crippen molar-refractivity contribution in [1.82, 2.24) is 9.80 Å². The maximum Gasteiger partial charge on any atom is 0.251 e. The third-order valence-electron chi connectivity index (χ3n) is 8.60. The Hall–Kier alpha value is -2.29. The lowest BCUT2D eigenvalue weighted by molar-refractivity contribution is -0.145. The number of hydrogen-bond donors (Lipinski definition) is 1. The zero-order chi connectivity index (χ0) is 26.6. The smallest absolute Gasteiger partial charge is 0.251 e. The molecule has 0 radical (unpaired) electrons. The molecule has 2 fully saturated rings. The molecule has 5 rings (SSSR count). The van der Waals surface area contributed by atoms with Gasteiger partial charge in [-0.1, -0.05) is 68.3 Å². The molecule has 1 spiro atoms. The Morgan fingerprint density at radius 3 is 2.59 bits per heavy atom. The quantitative estimate of drug-likeness (QED) is 0.576. The van der Waals surface area contributed by atoms with E-state index in [4.69, 9.17) is 11.6 Å². The number of amides is 3. The van der Waals surface area contributed by atoms with Gasteiger partial charge in [-0.2, -0.15) is 0 Å². The molecule has 0 aromatic heterocycles. The highest BCUT2D eigenvalue weighted by Gasteiger charge is 2.72. The summed E-state index contributed by atoms with van der Waals surface area (Å²) in [5, 5.41) is 10.8. The SMILES string of the molecule is CC[C@H](C)[C@H](CO)N1C(=O)[C@@H]2[C@H]3C(=O)N(C)CC=C[C@H]3S[C@@]23C=CCN(c2c(C)cccc2Cl)C(=O)C13. The number of likely N-dealkylation sites (tertiary alicyclic amines) is 1. The molecule has 1 aromatic rings. The van der Waals surface area contributed by atoms with Gasteiger partial charge < -0.3 is 19.8 Å². The first-order chi connectivity index (χ1) is 17.7. The molecule has 3 amide bonds. The number of benzene rings is 1. The van der Waals surface area contributed by atoms with Crippen molar-refractivity contribution in [1.29, 1.82) is 0 Å². The number of rotatable bonds is 5. The molecule has 9 heteroatoms. The fourth-order valence-electron chi connectivity index (χ4n) is 6.54. The van der Waals surface area contributed by atoms with E-state index in [0.717, 1.165) is 12.0 Å². The molecule has 0 aliphatic carbocycles. The zero-order valence-corrected chi connectivity index (χ0v) is 23.2. The van der Waals surface area contributed by atoms with Crippen molar-refractivity contribution in [2.75, 3.05) is 31.6 Å². The van der Waals surface area contributed by atoms with Gasteiger partial charge in [-0.05, 0) is 24.5 Å². The van der Waals surface area contributed by atoms with Crippen LogP contribution in [0.5, 0.6) is 0 Å². The molecule has 7 atom stereocenters. The van der Waals surface area contributed by atoms with E-state index >= 15 is 0 Å². The van der Waals surface area contributed by atoms with Crippen LogP contribution < -0.4 is 4.90 Å². The van der Waals surface area contributed by atoms with Crippen molar-refractivity contribution in [2.45, 2.75) is 49.3 Å². The largest absolute Gasteiger partial charge is 0.394 e. The predicted molar refractivity (Wildman–Crippen MR) is 147 cm³/mol. The Kier molecular flexibility index (Phi) is 6.96. The van der Waals surface area contributed by atoms with Crippen molar-refractivity contribution in [3.8, 4) is 0 Å². The van der Waals surface area contributed by atoms with Gasteiger partial charge in [-0.25, -0.2) is 0 Å². The van der Waals surface area contributed by atoms with Crippen LogP contribution in [0.3, 0.4) is 0 Å². The van der Waals surface area contributed by atoms with Gasteiger partial charge in [0.15, 0.2) is 0 Å². The van der Waals surface area contributed by atoms with E-state index in [-0.39, 0.29) is 35.5 Å². The number of aliphatic hydroxyl groups is 1. The number of nitrogens with zero attached hydrogens (tertiary/aromatic N) is 3. The number of carbonyl (C=O) groups excluding carboxylic acids is 3. The van der Waals surface area contributed by atoms with Crippen LogP contribution in [-0.2, 0) is 14.4 Å². The highest BCUT2D eigenvalue weighted by atomic mass is 35.5. The Morgan fingerprint density at radius 1 is 1.16 bits per heavy atom. The maximum absolute atomic E-state index is 14.6. The fraction of sp³-hybridized carbons (Fsp3) is 0.536. The number of carbonyl (C=O) groups is 3. The normalized spacial score (nSPS) is 32.7. The second-order valence-corrected chi connectivity index (χ2v) is 12.5. The summed E-state index contributed by atoms with van der Waals surface area (Å²) >= 11 is 8.16. The number of aryl methyl sites for hydroxylation is 1. The molecule has 0 bridgehead atoms. The van der Waals surface area contributed by atoms with Crippen LogP contribution in [0.25, 0.3) is 0 Å². The van der Waals surface area contributed by atoms with E-state index in [0.29, 0.717) is 23.8 Å². The van der Waals surface area contributed by atoms with Crippen LogP contribution >= 0.6 is 23.4 Å². The highest BCUT2D eigenvalue weighted by Crippen LogP contribution is 2.61. The number of likely N-dealkylation sites (N-methyl/N-ethyl adjacent to an activating group) is 1. The van der Waals surface area contributed by atoms with Gasteiger partial charge in [-0.15, -0.1) is 11.8 Å². The van der Waals surface area contributed by atoms with Crippen molar-refractivity contribution in [3.63, 3.8) is 0 Å². The third-order valence-corrected chi connectivity index (χ3v) is 10.7. The molecule has 1 unspecified atom stereocenters. The van der Waals surface area contributed by atoms with E-state index in [9.17, 15) is 19.5 Å². The summed E-state index contributed by atoms with van der Waals surface area (Å²) in [5.41, 5.74) is 1.49. The standard InChI is InChI=1S/C28H34ClN3O4S/c1-5-16(2)19(15-33)32-24-27(36)31(23-17(3)9-6-10-18(23)29)14-8-12-28(24)22(26(32)35)21-20(37-28)11-7-13-30(4)25(21)34/h6-12,16,19-22,24,33H,5,13-15H2,1-4H3/t16-,19-,20+,21-,22-,24?,28-/m0/s1. The molecule has 1 N–H and O–H groups in total. The Labute approximate surface area is 227 Å². The van der Waals surface area contributed by atoms with Crippen molar-refractivity contribution in [3.05, 3.63) is 53.1 Å². The van der Waals surface area contributed by atoms with Gasteiger partial charge in [0.1, 0.15) is 6.04 Å². The number of anilines is 1. The van der Waals surface area contributed by atoms with Crippen LogP contribution in [0.4, 0.5) is 5.69 Å². The average molecular weight is 544 g/mol. The first-order valence-corrected chi connectivity index (χ1v) is 14.2. The number of halogens is 1. The van der Waals surface area contributed by atoms with Crippen molar-refractivity contribution >= 4 is 46.8 Å². The first-order valence-electron chi connectivity index (χ1n) is 12.9. The number of aliphatic hydroxyl groups excluding tert-OH is 1. The van der Waals surface area contributed by atoms with E-state index in [2.05, 4.69) is 0 Å². The van der Waals surface area contributed by atoms with Crippen LogP contribution in [-0.4, -0.2) is 81.5 Å². The first kappa shape index (κ1) is 26.3. The third kappa shape index (κ3) is 3.86. The van der Waals surface area contributed by atoms with Gasteiger partial charge >= 0.3 is 0 Å². The van der Waals surface area contributed by atoms with Gasteiger partial charge in [0.25, 0.3) is 5.91 Å². The molecule has 4 aliphatic rings. The van der Waals surface area contributed by atoms with Crippen molar-refractivity contribution < 1.29 is 19.5 Å². The van der Waals surface area contributed by atoms with Gasteiger partial charge in [0.2, 0.25) is 11.8 Å². The summed E-state index contributed by atoms with van der Waals surface area (Å²) in [6.07, 6.45) is 8.67. The van der Waals surface area contributed by atoms with Gasteiger partial charge in [-0.3, -0.25) is 14.4 Å². The molecule has 1 aromatic carbocycles. The van der Waals surface area contributed by atoms with Crippen LogP contribution in [0.2, 0.25) is 5.02 Å². The fourth-order valence-corrected chi connectivity index (χ4v) is 8.86.